The number of nitrogens with one attached hydrogen (secondary N) is 1. The van der Waals surface area contributed by atoms with E-state index in [1.54, 1.807) is 37.3 Å². The van der Waals surface area contributed by atoms with Crippen LogP contribution in [0, 0.1) is 6.92 Å². The molecule has 6 heteroatoms. The molecule has 2 aromatic rings. The maximum absolute atomic E-state index is 12.2. The number of halogens is 1. The van der Waals surface area contributed by atoms with Crippen LogP contribution < -0.4 is 4.72 Å². The van der Waals surface area contributed by atoms with Gasteiger partial charge in [0.2, 0.25) is 10.0 Å². The van der Waals surface area contributed by atoms with Gasteiger partial charge in [0, 0.05) is 11.6 Å². The topological polar surface area (TPSA) is 66.4 Å². The first-order valence-corrected chi connectivity index (χ1v) is 9.23. The third-order valence-corrected chi connectivity index (χ3v) is 5.24. The van der Waals surface area contributed by atoms with Crippen LogP contribution in [0.4, 0.5) is 0 Å². The number of sulfonamides is 1. The molecule has 0 aliphatic heterocycles. The minimum Gasteiger partial charge on any atom is -0.384 e. The Morgan fingerprint density at radius 2 is 1.74 bits per heavy atom. The van der Waals surface area contributed by atoms with Gasteiger partial charge in [-0.15, -0.1) is 0 Å². The van der Waals surface area contributed by atoms with Crippen molar-refractivity contribution in [1.82, 2.24) is 4.72 Å². The summed E-state index contributed by atoms with van der Waals surface area (Å²) in [7, 11) is -3.54. The highest BCUT2D eigenvalue weighted by Crippen LogP contribution is 2.22. The predicted octanol–water partition coefficient (Wildman–Crippen LogP) is 2.98. The molecule has 0 heterocycles. The molecule has 0 fully saturated rings. The summed E-state index contributed by atoms with van der Waals surface area (Å²) in [6.07, 6.45) is 0. The largest absolute Gasteiger partial charge is 0.384 e. The van der Waals surface area contributed by atoms with Gasteiger partial charge in [0.25, 0.3) is 0 Å². The Balaban J connectivity index is 2.06. The number of aliphatic hydroxyl groups is 1. The van der Waals surface area contributed by atoms with Crippen LogP contribution >= 0.6 is 11.6 Å². The quantitative estimate of drug-likeness (QED) is 0.839. The minimum atomic E-state index is -3.54. The van der Waals surface area contributed by atoms with Gasteiger partial charge in [-0.2, -0.15) is 0 Å². The molecule has 0 aromatic heterocycles. The Morgan fingerprint density at radius 3 is 2.35 bits per heavy atom. The standard InChI is InChI=1S/C17H20ClNO3S/c1-13-5-3-4-6-14(13)11-23(21,22)19-12-17(2,20)15-7-9-16(18)10-8-15/h3-10,19-20H,11-12H2,1-2H3. The smallest absolute Gasteiger partial charge is 0.215 e. The summed E-state index contributed by atoms with van der Waals surface area (Å²) in [5, 5.41) is 11.1. The van der Waals surface area contributed by atoms with E-state index in [0.717, 1.165) is 11.1 Å². The molecular formula is C17H20ClNO3S. The van der Waals surface area contributed by atoms with Crippen molar-refractivity contribution in [3.05, 3.63) is 70.2 Å². The van der Waals surface area contributed by atoms with Gasteiger partial charge in [-0.3, -0.25) is 0 Å². The van der Waals surface area contributed by atoms with Crippen molar-refractivity contribution in [1.29, 1.82) is 0 Å². The van der Waals surface area contributed by atoms with Crippen LogP contribution in [0.25, 0.3) is 0 Å². The second-order valence-corrected chi connectivity index (χ2v) is 8.03. The fourth-order valence-electron chi connectivity index (χ4n) is 2.19. The summed E-state index contributed by atoms with van der Waals surface area (Å²) in [5.41, 5.74) is 0.942. The third-order valence-electron chi connectivity index (χ3n) is 3.71. The van der Waals surface area contributed by atoms with Crippen LogP contribution in [0.2, 0.25) is 5.02 Å². The second-order valence-electron chi connectivity index (χ2n) is 5.79. The highest BCUT2D eigenvalue weighted by molar-refractivity contribution is 7.88. The molecule has 0 bridgehead atoms. The summed E-state index contributed by atoms with van der Waals surface area (Å²) in [5.74, 6) is -0.115. The lowest BCUT2D eigenvalue weighted by Crippen LogP contribution is -2.39. The molecule has 0 spiro atoms. The zero-order valence-corrected chi connectivity index (χ0v) is 14.7. The van der Waals surface area contributed by atoms with E-state index < -0.39 is 15.6 Å². The molecule has 0 amide bonds. The Morgan fingerprint density at radius 1 is 1.13 bits per heavy atom. The van der Waals surface area contributed by atoms with E-state index in [0.29, 0.717) is 10.6 Å². The molecule has 0 aliphatic carbocycles. The summed E-state index contributed by atoms with van der Waals surface area (Å²) in [6.45, 7) is 3.32. The van der Waals surface area contributed by atoms with Gasteiger partial charge >= 0.3 is 0 Å². The van der Waals surface area contributed by atoms with Gasteiger partial charge in [-0.25, -0.2) is 13.1 Å². The molecule has 4 nitrogen and oxygen atoms in total. The fraction of sp³-hybridized carbons (Fsp3) is 0.294. The van der Waals surface area contributed by atoms with Crippen LogP contribution in [0.1, 0.15) is 23.6 Å². The number of hydrogen-bond acceptors (Lipinski definition) is 3. The van der Waals surface area contributed by atoms with Gasteiger partial charge < -0.3 is 5.11 Å². The number of rotatable bonds is 6. The normalized spacial score (nSPS) is 14.4. The van der Waals surface area contributed by atoms with Crippen molar-refractivity contribution in [2.24, 2.45) is 0 Å². The Hall–Kier alpha value is -1.40. The lowest BCUT2D eigenvalue weighted by atomic mass is 9.97. The maximum Gasteiger partial charge on any atom is 0.215 e. The molecule has 0 radical (unpaired) electrons. The van der Waals surface area contributed by atoms with Gasteiger partial charge in [0.15, 0.2) is 0 Å². The van der Waals surface area contributed by atoms with Crippen molar-refractivity contribution in [2.75, 3.05) is 6.54 Å². The number of hydrogen-bond donors (Lipinski definition) is 2. The first-order valence-electron chi connectivity index (χ1n) is 7.20. The molecule has 2 rings (SSSR count). The van der Waals surface area contributed by atoms with Crippen LogP contribution in [-0.2, 0) is 21.4 Å². The molecule has 2 aromatic carbocycles. The van der Waals surface area contributed by atoms with Gasteiger partial charge in [-0.05, 0) is 42.7 Å². The Kier molecular flexibility index (Phi) is 5.47. The SMILES string of the molecule is Cc1ccccc1CS(=O)(=O)NCC(C)(O)c1ccc(Cl)cc1. The zero-order chi connectivity index (χ0) is 17.1. The van der Waals surface area contributed by atoms with Crippen LogP contribution in [-0.4, -0.2) is 20.1 Å². The molecule has 0 saturated carbocycles. The lowest BCUT2D eigenvalue weighted by molar-refractivity contribution is 0.0627. The number of benzene rings is 2. The van der Waals surface area contributed by atoms with E-state index in [1.165, 1.54) is 0 Å². The Labute approximate surface area is 142 Å². The van der Waals surface area contributed by atoms with Gasteiger partial charge in [-0.1, -0.05) is 48.0 Å². The van der Waals surface area contributed by atoms with Crippen molar-refractivity contribution in [3.63, 3.8) is 0 Å². The van der Waals surface area contributed by atoms with E-state index >= 15 is 0 Å². The van der Waals surface area contributed by atoms with E-state index in [9.17, 15) is 13.5 Å². The van der Waals surface area contributed by atoms with Crippen molar-refractivity contribution < 1.29 is 13.5 Å². The van der Waals surface area contributed by atoms with Crippen LogP contribution in [0.15, 0.2) is 48.5 Å². The lowest BCUT2D eigenvalue weighted by Gasteiger charge is -2.24. The first-order chi connectivity index (χ1) is 10.7. The molecule has 124 valence electrons. The van der Waals surface area contributed by atoms with E-state index in [-0.39, 0.29) is 12.3 Å². The molecule has 2 N–H and O–H groups in total. The van der Waals surface area contributed by atoms with Gasteiger partial charge in [0.1, 0.15) is 5.60 Å². The predicted molar refractivity (Wildman–Crippen MR) is 92.8 cm³/mol. The summed E-state index contributed by atoms with van der Waals surface area (Å²) in [6, 6.07) is 14.0. The average molecular weight is 354 g/mol. The second kappa shape index (κ2) is 7.01. The summed E-state index contributed by atoms with van der Waals surface area (Å²) >= 11 is 5.82. The van der Waals surface area contributed by atoms with Crippen LogP contribution in [0.3, 0.4) is 0 Å². The van der Waals surface area contributed by atoms with E-state index in [1.807, 2.05) is 25.1 Å². The molecule has 1 unspecified atom stereocenters. The molecule has 0 saturated heterocycles. The van der Waals surface area contributed by atoms with E-state index in [4.69, 9.17) is 11.6 Å². The van der Waals surface area contributed by atoms with Gasteiger partial charge in [0.05, 0.1) is 5.75 Å². The van der Waals surface area contributed by atoms with Crippen molar-refractivity contribution >= 4 is 21.6 Å². The maximum atomic E-state index is 12.2. The summed E-state index contributed by atoms with van der Waals surface area (Å²) < 4.78 is 27.0. The highest BCUT2D eigenvalue weighted by Gasteiger charge is 2.25. The molecule has 1 atom stereocenters. The minimum absolute atomic E-state index is 0.108. The zero-order valence-electron chi connectivity index (χ0n) is 13.1. The number of aryl methyl sites for hydroxylation is 1. The molecular weight excluding hydrogens is 334 g/mol. The summed E-state index contributed by atoms with van der Waals surface area (Å²) in [4.78, 5) is 0. The first kappa shape index (κ1) is 17.9. The van der Waals surface area contributed by atoms with Crippen LogP contribution in [0.5, 0.6) is 0 Å². The fourth-order valence-corrected chi connectivity index (χ4v) is 3.65. The van der Waals surface area contributed by atoms with Crippen molar-refractivity contribution in [2.45, 2.75) is 25.2 Å². The van der Waals surface area contributed by atoms with Crippen molar-refractivity contribution in [3.8, 4) is 0 Å². The Bertz CT molecular complexity index is 771. The molecule has 0 aliphatic rings. The third kappa shape index (κ3) is 5.04. The highest BCUT2D eigenvalue weighted by atomic mass is 35.5. The average Bonchev–Trinajstić information content (AvgIpc) is 2.48. The monoisotopic (exact) mass is 353 g/mol. The molecule has 23 heavy (non-hydrogen) atoms. The van der Waals surface area contributed by atoms with E-state index in [2.05, 4.69) is 4.72 Å².